The van der Waals surface area contributed by atoms with Crippen molar-refractivity contribution in [3.05, 3.63) is 77.4 Å². The van der Waals surface area contributed by atoms with E-state index in [0.29, 0.717) is 43.1 Å². The van der Waals surface area contributed by atoms with Crippen molar-refractivity contribution in [3.8, 4) is 0 Å². The first-order valence-corrected chi connectivity index (χ1v) is 11.1. The smallest absolute Gasteiger partial charge is 0.270 e. The summed E-state index contributed by atoms with van der Waals surface area (Å²) in [6.07, 6.45) is 2.29. The lowest BCUT2D eigenvalue weighted by atomic mass is 10.0. The average molecular weight is 451 g/mol. The average Bonchev–Trinajstić information content (AvgIpc) is 3.07. The number of hydrogen-bond donors (Lipinski definition) is 1. The maximum absolute atomic E-state index is 13.5. The number of carbonyl (C=O) groups is 2. The standard InChI is InChI=1S/C24H27FN6O2/c1-16(2)22(27-24(33)19-8-3-4-10-26-19)23-29-28-20-9-11-30(12-13-31(20)23)21(32)15-17-6-5-7-18(25)14-17/h3-8,10,14,16,22H,9,11-13,15H2,1-2H3,(H,27,33)/t22-/m1/s1. The molecule has 9 heteroatoms. The van der Waals surface area contributed by atoms with Crippen molar-refractivity contribution >= 4 is 11.8 Å². The Hall–Kier alpha value is -3.62. The SMILES string of the molecule is CC(C)[C@@H](NC(=O)c1ccccn1)c1nnc2n1CCN(C(=O)Cc1cccc(F)c1)CC2. The first kappa shape index (κ1) is 22.6. The highest BCUT2D eigenvalue weighted by Crippen LogP contribution is 2.23. The van der Waals surface area contributed by atoms with Crippen molar-refractivity contribution in [2.75, 3.05) is 13.1 Å². The molecule has 0 radical (unpaired) electrons. The lowest BCUT2D eigenvalue weighted by molar-refractivity contribution is -0.130. The minimum absolute atomic E-state index is 0.0512. The molecule has 0 saturated carbocycles. The van der Waals surface area contributed by atoms with E-state index in [0.717, 1.165) is 5.82 Å². The summed E-state index contributed by atoms with van der Waals surface area (Å²) in [6, 6.07) is 11.0. The number of carbonyl (C=O) groups excluding carboxylic acids is 2. The molecule has 8 nitrogen and oxygen atoms in total. The van der Waals surface area contributed by atoms with Crippen LogP contribution in [0.25, 0.3) is 0 Å². The number of amides is 2. The Labute approximate surface area is 191 Å². The lowest BCUT2D eigenvalue weighted by Gasteiger charge is -2.23. The van der Waals surface area contributed by atoms with Gasteiger partial charge in [-0.05, 0) is 35.7 Å². The summed E-state index contributed by atoms with van der Waals surface area (Å²) in [5, 5.41) is 11.8. The van der Waals surface area contributed by atoms with Crippen LogP contribution < -0.4 is 5.32 Å². The number of aromatic nitrogens is 4. The van der Waals surface area contributed by atoms with Gasteiger partial charge in [-0.1, -0.05) is 32.0 Å². The van der Waals surface area contributed by atoms with Gasteiger partial charge in [0.25, 0.3) is 5.91 Å². The van der Waals surface area contributed by atoms with E-state index in [-0.39, 0.29) is 36.0 Å². The second kappa shape index (κ2) is 9.89. The molecule has 0 spiro atoms. The van der Waals surface area contributed by atoms with E-state index in [1.165, 1.54) is 12.1 Å². The van der Waals surface area contributed by atoms with Crippen molar-refractivity contribution in [2.24, 2.45) is 5.92 Å². The Balaban J connectivity index is 1.47. The number of rotatable bonds is 6. The predicted molar refractivity (Wildman–Crippen MR) is 120 cm³/mol. The van der Waals surface area contributed by atoms with Gasteiger partial charge in [0, 0.05) is 32.3 Å². The van der Waals surface area contributed by atoms with Gasteiger partial charge < -0.3 is 14.8 Å². The van der Waals surface area contributed by atoms with Crippen LogP contribution in [-0.2, 0) is 24.2 Å². The third-order valence-electron chi connectivity index (χ3n) is 5.78. The highest BCUT2D eigenvalue weighted by molar-refractivity contribution is 5.92. The predicted octanol–water partition coefficient (Wildman–Crippen LogP) is 2.57. The van der Waals surface area contributed by atoms with Gasteiger partial charge in [0.1, 0.15) is 17.3 Å². The van der Waals surface area contributed by atoms with Gasteiger partial charge >= 0.3 is 0 Å². The van der Waals surface area contributed by atoms with Crippen LogP contribution in [-0.4, -0.2) is 49.6 Å². The molecule has 0 aliphatic carbocycles. The van der Waals surface area contributed by atoms with Crippen molar-refractivity contribution < 1.29 is 14.0 Å². The molecule has 1 aliphatic rings. The summed E-state index contributed by atoms with van der Waals surface area (Å²) >= 11 is 0. The first-order valence-electron chi connectivity index (χ1n) is 11.1. The van der Waals surface area contributed by atoms with Crippen LogP contribution in [0.15, 0.2) is 48.7 Å². The molecule has 2 amide bonds. The highest BCUT2D eigenvalue weighted by atomic mass is 19.1. The van der Waals surface area contributed by atoms with Crippen LogP contribution in [0.2, 0.25) is 0 Å². The highest BCUT2D eigenvalue weighted by Gasteiger charge is 2.29. The number of pyridine rings is 1. The van der Waals surface area contributed by atoms with E-state index >= 15 is 0 Å². The van der Waals surface area contributed by atoms with E-state index in [9.17, 15) is 14.0 Å². The van der Waals surface area contributed by atoms with Crippen molar-refractivity contribution in [2.45, 2.75) is 39.3 Å². The van der Waals surface area contributed by atoms with Crippen LogP contribution in [0.4, 0.5) is 4.39 Å². The summed E-state index contributed by atoms with van der Waals surface area (Å²) in [5.74, 6) is 0.851. The fraction of sp³-hybridized carbons (Fsp3) is 0.375. The van der Waals surface area contributed by atoms with Crippen LogP contribution in [0.3, 0.4) is 0 Å². The van der Waals surface area contributed by atoms with Gasteiger partial charge in [-0.25, -0.2) is 4.39 Å². The van der Waals surface area contributed by atoms with Gasteiger partial charge in [0.2, 0.25) is 5.91 Å². The molecule has 0 fully saturated rings. The number of halogens is 1. The summed E-state index contributed by atoms with van der Waals surface area (Å²) in [6.45, 7) is 5.55. The molecule has 1 atom stereocenters. The van der Waals surface area contributed by atoms with Crippen LogP contribution in [0, 0.1) is 11.7 Å². The molecule has 2 aromatic heterocycles. The summed E-state index contributed by atoms with van der Waals surface area (Å²) in [5.41, 5.74) is 0.995. The van der Waals surface area contributed by atoms with E-state index in [1.807, 2.05) is 18.4 Å². The molecule has 3 aromatic rings. The lowest BCUT2D eigenvalue weighted by Crippen LogP contribution is -2.36. The van der Waals surface area contributed by atoms with Crippen molar-refractivity contribution in [1.82, 2.24) is 30.0 Å². The van der Waals surface area contributed by atoms with Gasteiger partial charge in [-0.2, -0.15) is 0 Å². The molecular formula is C24H27FN6O2. The third kappa shape index (κ3) is 5.24. The fourth-order valence-corrected chi connectivity index (χ4v) is 4.00. The van der Waals surface area contributed by atoms with Crippen molar-refractivity contribution in [3.63, 3.8) is 0 Å². The number of fused-ring (bicyclic) bond motifs is 1. The third-order valence-corrected chi connectivity index (χ3v) is 5.78. The first-order chi connectivity index (χ1) is 15.9. The van der Waals surface area contributed by atoms with Gasteiger partial charge in [0.05, 0.1) is 12.5 Å². The van der Waals surface area contributed by atoms with Crippen LogP contribution in [0.1, 0.15) is 47.6 Å². The molecule has 172 valence electrons. The summed E-state index contributed by atoms with van der Waals surface area (Å²) in [4.78, 5) is 31.4. The quantitative estimate of drug-likeness (QED) is 0.623. The zero-order chi connectivity index (χ0) is 23.4. The Bertz CT molecular complexity index is 1130. The molecule has 1 N–H and O–H groups in total. The fourth-order valence-electron chi connectivity index (χ4n) is 4.00. The van der Waals surface area contributed by atoms with Crippen LogP contribution in [0.5, 0.6) is 0 Å². The summed E-state index contributed by atoms with van der Waals surface area (Å²) in [7, 11) is 0. The minimum atomic E-state index is -0.352. The number of nitrogens with zero attached hydrogens (tertiary/aromatic N) is 5. The number of nitrogens with one attached hydrogen (secondary N) is 1. The molecule has 33 heavy (non-hydrogen) atoms. The van der Waals surface area contributed by atoms with E-state index in [4.69, 9.17) is 0 Å². The van der Waals surface area contributed by atoms with E-state index in [2.05, 4.69) is 20.5 Å². The number of benzene rings is 1. The topological polar surface area (TPSA) is 93.0 Å². The normalized spacial score (nSPS) is 14.5. The summed E-state index contributed by atoms with van der Waals surface area (Å²) < 4.78 is 15.5. The largest absolute Gasteiger partial charge is 0.340 e. The van der Waals surface area contributed by atoms with Crippen molar-refractivity contribution in [1.29, 1.82) is 0 Å². The maximum atomic E-state index is 13.5. The molecule has 0 bridgehead atoms. The zero-order valence-corrected chi connectivity index (χ0v) is 18.7. The zero-order valence-electron chi connectivity index (χ0n) is 18.7. The molecular weight excluding hydrogens is 423 g/mol. The number of hydrogen-bond acceptors (Lipinski definition) is 5. The molecule has 4 rings (SSSR count). The molecule has 0 unspecified atom stereocenters. The van der Waals surface area contributed by atoms with Gasteiger partial charge in [-0.3, -0.25) is 14.6 Å². The molecule has 0 saturated heterocycles. The van der Waals surface area contributed by atoms with Gasteiger partial charge in [0.15, 0.2) is 5.82 Å². The molecule has 1 aromatic carbocycles. The van der Waals surface area contributed by atoms with Gasteiger partial charge in [-0.15, -0.1) is 10.2 Å². The Morgan fingerprint density at radius 1 is 1.09 bits per heavy atom. The van der Waals surface area contributed by atoms with E-state index in [1.54, 1.807) is 41.4 Å². The Morgan fingerprint density at radius 3 is 2.67 bits per heavy atom. The maximum Gasteiger partial charge on any atom is 0.270 e. The Kier molecular flexibility index (Phi) is 6.76. The minimum Gasteiger partial charge on any atom is -0.340 e. The molecule has 3 heterocycles. The van der Waals surface area contributed by atoms with E-state index < -0.39 is 0 Å². The second-order valence-electron chi connectivity index (χ2n) is 8.47. The monoisotopic (exact) mass is 450 g/mol. The Morgan fingerprint density at radius 2 is 1.94 bits per heavy atom. The molecule has 1 aliphatic heterocycles. The second-order valence-corrected chi connectivity index (χ2v) is 8.47. The van der Waals surface area contributed by atoms with Crippen LogP contribution >= 0.6 is 0 Å².